The fraction of sp³-hybridized carbons (Fsp3) is 0.130. The lowest BCUT2D eigenvalue weighted by molar-refractivity contribution is 0.103. The Kier molecular flexibility index (Phi) is 5.06. The number of benzene rings is 2. The van der Waals surface area contributed by atoms with Crippen LogP contribution >= 0.6 is 34.3 Å². The normalized spacial score (nSPS) is 12.2. The maximum atomic E-state index is 13.0. The first kappa shape index (κ1) is 19.9. The van der Waals surface area contributed by atoms with Gasteiger partial charge in [0.25, 0.3) is 5.91 Å². The van der Waals surface area contributed by atoms with Crippen LogP contribution in [0.1, 0.15) is 31.2 Å². The number of ether oxygens (including phenoxy) is 2. The Morgan fingerprint density at radius 2 is 2.00 bits per heavy atom. The number of anilines is 1. The van der Waals surface area contributed by atoms with Gasteiger partial charge in [0.15, 0.2) is 11.5 Å². The molecule has 8 heteroatoms. The number of carbonyl (C=O) groups excluding carboxylic acids is 1. The number of amides is 1. The average Bonchev–Trinajstić information content (AvgIpc) is 3.45. The predicted octanol–water partition coefficient (Wildman–Crippen LogP) is 6.37. The van der Waals surface area contributed by atoms with Crippen molar-refractivity contribution in [3.63, 3.8) is 0 Å². The molecule has 0 fully saturated rings. The molecule has 0 atom stereocenters. The number of halogens is 1. The molecule has 2 aromatic carbocycles. The summed E-state index contributed by atoms with van der Waals surface area (Å²) in [7, 11) is 0. The number of nitrogens with one attached hydrogen (secondary N) is 1. The van der Waals surface area contributed by atoms with Gasteiger partial charge in [-0.25, -0.2) is 0 Å². The van der Waals surface area contributed by atoms with E-state index in [9.17, 15) is 10.1 Å². The lowest BCUT2D eigenvalue weighted by atomic mass is 10.1. The number of hydrogen-bond donors (Lipinski definition) is 1. The quantitative estimate of drug-likeness (QED) is 0.379. The van der Waals surface area contributed by atoms with Gasteiger partial charge >= 0.3 is 0 Å². The molecule has 1 aliphatic heterocycles. The lowest BCUT2D eigenvalue weighted by Gasteiger charge is -2.03. The first-order valence-electron chi connectivity index (χ1n) is 9.44. The zero-order chi connectivity index (χ0) is 21.5. The topological polar surface area (TPSA) is 71.3 Å². The molecule has 0 saturated heterocycles. The maximum Gasteiger partial charge on any atom is 0.267 e. The van der Waals surface area contributed by atoms with E-state index in [1.165, 1.54) is 22.7 Å². The third kappa shape index (κ3) is 3.53. The molecule has 4 aromatic rings. The van der Waals surface area contributed by atoms with E-state index < -0.39 is 0 Å². The van der Waals surface area contributed by atoms with Crippen molar-refractivity contribution in [3.05, 3.63) is 73.9 Å². The van der Waals surface area contributed by atoms with E-state index in [1.807, 2.05) is 49.4 Å². The van der Waals surface area contributed by atoms with Gasteiger partial charge in [-0.3, -0.25) is 4.79 Å². The lowest BCUT2D eigenvalue weighted by Crippen LogP contribution is -2.10. The highest BCUT2D eigenvalue weighted by Crippen LogP contribution is 2.39. The van der Waals surface area contributed by atoms with Crippen LogP contribution in [0.4, 0.5) is 5.00 Å². The van der Waals surface area contributed by atoms with Crippen molar-refractivity contribution in [3.8, 4) is 17.6 Å². The molecule has 31 heavy (non-hydrogen) atoms. The summed E-state index contributed by atoms with van der Waals surface area (Å²) < 4.78 is 11.8. The zero-order valence-corrected chi connectivity index (χ0v) is 18.7. The maximum absolute atomic E-state index is 13.0. The molecule has 5 rings (SSSR count). The van der Waals surface area contributed by atoms with Gasteiger partial charge in [-0.2, -0.15) is 5.26 Å². The molecular formula is C23H15ClN2O3S2. The van der Waals surface area contributed by atoms with Gasteiger partial charge in [-0.05, 0) is 36.2 Å². The van der Waals surface area contributed by atoms with Crippen molar-refractivity contribution in [2.45, 2.75) is 13.3 Å². The minimum Gasteiger partial charge on any atom is -0.454 e. The van der Waals surface area contributed by atoms with Crippen molar-refractivity contribution < 1.29 is 14.3 Å². The van der Waals surface area contributed by atoms with Gasteiger partial charge in [-0.1, -0.05) is 35.9 Å². The van der Waals surface area contributed by atoms with E-state index in [1.54, 1.807) is 0 Å². The molecule has 0 spiro atoms. The summed E-state index contributed by atoms with van der Waals surface area (Å²) >= 11 is 9.20. The molecule has 154 valence electrons. The number of hydrogen-bond acceptors (Lipinski definition) is 6. The highest BCUT2D eigenvalue weighted by atomic mass is 35.5. The van der Waals surface area contributed by atoms with Gasteiger partial charge in [-0.15, -0.1) is 22.7 Å². The Bertz CT molecular complexity index is 1380. The molecule has 2 aromatic heterocycles. The smallest absolute Gasteiger partial charge is 0.267 e. The van der Waals surface area contributed by atoms with Crippen LogP contribution in [0, 0.1) is 18.3 Å². The Labute approximate surface area is 191 Å². The Morgan fingerprint density at radius 1 is 1.19 bits per heavy atom. The van der Waals surface area contributed by atoms with E-state index >= 15 is 0 Å². The van der Waals surface area contributed by atoms with Crippen LogP contribution in [0.2, 0.25) is 5.02 Å². The summed E-state index contributed by atoms with van der Waals surface area (Å²) in [4.78, 5) is 14.4. The molecule has 1 N–H and O–H groups in total. The van der Waals surface area contributed by atoms with E-state index in [0.29, 0.717) is 26.9 Å². The number of carbonyl (C=O) groups is 1. The fourth-order valence-electron chi connectivity index (χ4n) is 3.51. The summed E-state index contributed by atoms with van der Waals surface area (Å²) in [6.45, 7) is 2.13. The first-order valence-corrected chi connectivity index (χ1v) is 11.5. The van der Waals surface area contributed by atoms with E-state index in [4.69, 9.17) is 21.1 Å². The standard InChI is InChI=1S/C23H15ClN2O3S2/c1-12-15(10-25)23(26-22(27)21-20(24)14-4-2-3-5-18(14)30-21)31-19(12)9-13-6-7-16-17(8-13)29-11-28-16/h2-8H,9,11H2,1H3,(H,26,27). The third-order valence-corrected chi connectivity index (χ3v) is 8.01. The highest BCUT2D eigenvalue weighted by molar-refractivity contribution is 7.22. The number of rotatable bonds is 4. The third-order valence-electron chi connectivity index (χ3n) is 5.13. The van der Waals surface area contributed by atoms with Gasteiger partial charge < -0.3 is 14.8 Å². The van der Waals surface area contributed by atoms with Crippen LogP contribution < -0.4 is 14.8 Å². The summed E-state index contributed by atoms with van der Waals surface area (Å²) in [6.07, 6.45) is 0.626. The Morgan fingerprint density at radius 3 is 2.81 bits per heavy atom. The molecule has 0 aliphatic carbocycles. The average molecular weight is 467 g/mol. The Hall–Kier alpha value is -3.05. The molecular weight excluding hydrogens is 452 g/mol. The second kappa shape index (κ2) is 7.89. The minimum absolute atomic E-state index is 0.228. The summed E-state index contributed by atoms with van der Waals surface area (Å²) in [6, 6.07) is 15.7. The SMILES string of the molecule is Cc1c(Cc2ccc3c(c2)OCO3)sc(NC(=O)c2sc3ccccc3c2Cl)c1C#N. The van der Waals surface area contributed by atoms with Gasteiger partial charge in [0.05, 0.1) is 10.6 Å². The molecule has 0 radical (unpaired) electrons. The van der Waals surface area contributed by atoms with Crippen LogP contribution in [-0.2, 0) is 6.42 Å². The van der Waals surface area contributed by atoms with Gasteiger partial charge in [0.1, 0.15) is 15.9 Å². The fourth-order valence-corrected chi connectivity index (χ4v) is 6.11. The van der Waals surface area contributed by atoms with Crippen LogP contribution in [0.3, 0.4) is 0 Å². The van der Waals surface area contributed by atoms with Crippen molar-refractivity contribution >= 4 is 55.3 Å². The van der Waals surface area contributed by atoms with Crippen LogP contribution in [0.25, 0.3) is 10.1 Å². The van der Waals surface area contributed by atoms with Crippen LogP contribution in [0.15, 0.2) is 42.5 Å². The largest absolute Gasteiger partial charge is 0.454 e. The molecule has 0 bridgehead atoms. The summed E-state index contributed by atoms with van der Waals surface area (Å²) in [5, 5.41) is 14.4. The molecule has 1 amide bonds. The predicted molar refractivity (Wildman–Crippen MR) is 124 cm³/mol. The van der Waals surface area contributed by atoms with E-state index in [2.05, 4.69) is 11.4 Å². The number of fused-ring (bicyclic) bond motifs is 2. The highest BCUT2D eigenvalue weighted by Gasteiger charge is 2.22. The van der Waals surface area contributed by atoms with Crippen molar-refractivity contribution in [2.75, 3.05) is 12.1 Å². The second-order valence-electron chi connectivity index (χ2n) is 7.03. The van der Waals surface area contributed by atoms with Crippen molar-refractivity contribution in [1.82, 2.24) is 0 Å². The first-order chi connectivity index (χ1) is 15.0. The molecule has 0 saturated carbocycles. The molecule has 0 unspecified atom stereocenters. The number of nitriles is 1. The van der Waals surface area contributed by atoms with Crippen LogP contribution in [-0.4, -0.2) is 12.7 Å². The van der Waals surface area contributed by atoms with Gasteiger partial charge in [0.2, 0.25) is 6.79 Å². The number of nitrogens with zero attached hydrogens (tertiary/aromatic N) is 1. The van der Waals surface area contributed by atoms with Crippen LogP contribution in [0.5, 0.6) is 11.5 Å². The second-order valence-corrected chi connectivity index (χ2v) is 9.56. The molecule has 1 aliphatic rings. The van der Waals surface area contributed by atoms with E-state index in [0.717, 1.165) is 37.6 Å². The summed E-state index contributed by atoms with van der Waals surface area (Å²) in [5.74, 6) is 1.15. The van der Waals surface area contributed by atoms with Gasteiger partial charge in [0, 0.05) is 21.4 Å². The van der Waals surface area contributed by atoms with Crippen molar-refractivity contribution in [2.24, 2.45) is 0 Å². The zero-order valence-electron chi connectivity index (χ0n) is 16.3. The summed E-state index contributed by atoms with van der Waals surface area (Å²) in [5.41, 5.74) is 2.39. The monoisotopic (exact) mass is 466 g/mol. The molecule has 5 nitrogen and oxygen atoms in total. The minimum atomic E-state index is -0.307. The Balaban J connectivity index is 1.43. The molecule has 3 heterocycles. The van der Waals surface area contributed by atoms with Crippen molar-refractivity contribution in [1.29, 1.82) is 5.26 Å². The number of thiophene rings is 2. The van der Waals surface area contributed by atoms with E-state index in [-0.39, 0.29) is 12.7 Å².